The van der Waals surface area contributed by atoms with Gasteiger partial charge in [-0.05, 0) is 42.8 Å². The molecule has 4 amide bonds. The molecule has 0 fully saturated rings. The number of benzene rings is 4. The first kappa shape index (κ1) is 40.6. The number of carbonyl (C=O) groups excluding carboxylic acids is 4. The van der Waals surface area contributed by atoms with E-state index in [0.29, 0.717) is 71.5 Å². The van der Waals surface area contributed by atoms with Crippen LogP contribution in [0.2, 0.25) is 0 Å². The summed E-state index contributed by atoms with van der Waals surface area (Å²) in [6, 6.07) is 17.5. The van der Waals surface area contributed by atoms with Gasteiger partial charge in [-0.3, -0.25) is 48.2 Å². The lowest BCUT2D eigenvalue weighted by molar-refractivity contribution is -0.384. The number of nitro groups is 1. The Bertz CT molecular complexity index is 2250. The van der Waals surface area contributed by atoms with Crippen molar-refractivity contribution in [3.8, 4) is 0 Å². The maximum absolute atomic E-state index is 13.4. The van der Waals surface area contributed by atoms with E-state index in [9.17, 15) is 46.1 Å². The molecule has 53 heavy (non-hydrogen) atoms. The van der Waals surface area contributed by atoms with E-state index in [2.05, 4.69) is 10.6 Å². The summed E-state index contributed by atoms with van der Waals surface area (Å²) in [7, 11) is -7.33. The van der Waals surface area contributed by atoms with Crippen LogP contribution in [0.3, 0.4) is 0 Å². The van der Waals surface area contributed by atoms with E-state index in [1.54, 1.807) is 37.3 Å². The minimum Gasteiger partial charge on any atom is -0.313 e. The largest absolute Gasteiger partial charge is 0.313 e. The van der Waals surface area contributed by atoms with Crippen molar-refractivity contribution in [1.82, 2.24) is 20.4 Å². The van der Waals surface area contributed by atoms with Gasteiger partial charge in [0.25, 0.3) is 49.6 Å². The lowest BCUT2D eigenvalue weighted by Crippen LogP contribution is -2.51. The van der Waals surface area contributed by atoms with Gasteiger partial charge in [0.1, 0.15) is 0 Å². The highest BCUT2D eigenvalue weighted by molar-refractivity contribution is 7.85. The summed E-state index contributed by atoms with van der Waals surface area (Å²) in [6.07, 6.45) is 1.43. The van der Waals surface area contributed by atoms with Crippen LogP contribution in [0, 0.1) is 10.1 Å². The zero-order valence-electron chi connectivity index (χ0n) is 29.0. The first-order valence-electron chi connectivity index (χ1n) is 15.9. The Kier molecular flexibility index (Phi) is 12.4. The summed E-state index contributed by atoms with van der Waals surface area (Å²) >= 11 is 0. The third-order valence-corrected chi connectivity index (χ3v) is 8.11. The first-order chi connectivity index (χ1) is 24.7. The van der Waals surface area contributed by atoms with Crippen molar-refractivity contribution >= 4 is 71.1 Å². The van der Waals surface area contributed by atoms with Gasteiger partial charge in [0.2, 0.25) is 0 Å². The number of hydrogen-bond donors (Lipinski definition) is 4. The molecule has 0 unspecified atom stereocenters. The van der Waals surface area contributed by atoms with Crippen LogP contribution in [-0.2, 0) is 20.2 Å². The SMILES string of the molecule is CS(=O)(=O)O.CS(=O)(=O)O.C[C@@H](CNCCNC[C@H](C)N1C(=O)c2cccc3cc([N+](=O)[O-])cc(c23)C1=O)N1C(=O)c2cccc3cccc(c23)C1=O. The number of hydrogen-bond acceptors (Lipinski definition) is 12. The van der Waals surface area contributed by atoms with Crippen LogP contribution in [-0.4, -0.2) is 115 Å². The Morgan fingerprint density at radius 2 is 0.981 bits per heavy atom. The number of nitrogens with one attached hydrogen (secondary N) is 2. The van der Waals surface area contributed by atoms with Crippen LogP contribution >= 0.6 is 0 Å². The van der Waals surface area contributed by atoms with Crippen molar-refractivity contribution < 1.29 is 50.0 Å². The van der Waals surface area contributed by atoms with Crippen molar-refractivity contribution in [3.05, 3.63) is 99.1 Å². The summed E-state index contributed by atoms with van der Waals surface area (Å²) in [5, 5.41) is 20.4. The first-order valence-corrected chi connectivity index (χ1v) is 19.6. The second-order valence-corrected chi connectivity index (χ2v) is 15.3. The molecule has 2 heterocycles. The van der Waals surface area contributed by atoms with E-state index in [1.165, 1.54) is 17.0 Å². The molecule has 0 saturated heterocycles. The van der Waals surface area contributed by atoms with Crippen LogP contribution < -0.4 is 10.6 Å². The van der Waals surface area contributed by atoms with Crippen LogP contribution in [0.1, 0.15) is 55.3 Å². The van der Waals surface area contributed by atoms with E-state index in [1.807, 2.05) is 31.2 Å². The number of non-ortho nitro benzene ring substituents is 1. The molecule has 0 aliphatic carbocycles. The average molecular weight is 772 g/mol. The third-order valence-electron chi connectivity index (χ3n) is 8.11. The Morgan fingerprint density at radius 1 is 0.642 bits per heavy atom. The zero-order valence-corrected chi connectivity index (χ0v) is 30.6. The molecule has 282 valence electrons. The highest BCUT2D eigenvalue weighted by Crippen LogP contribution is 2.34. The fourth-order valence-electron chi connectivity index (χ4n) is 6.05. The molecule has 0 radical (unpaired) electrons. The predicted octanol–water partition coefficient (Wildman–Crippen LogP) is 2.76. The molecule has 2 aliphatic heterocycles. The van der Waals surface area contributed by atoms with Crippen LogP contribution in [0.25, 0.3) is 21.5 Å². The quantitative estimate of drug-likeness (QED) is 0.0595. The molecule has 4 aromatic carbocycles. The molecule has 2 aliphatic rings. The Balaban J connectivity index is 0.000000556. The normalized spacial score (nSPS) is 15.1. The third kappa shape index (κ3) is 9.83. The smallest absolute Gasteiger partial charge is 0.270 e. The van der Waals surface area contributed by atoms with Crippen molar-refractivity contribution in [2.45, 2.75) is 25.9 Å². The summed E-state index contributed by atoms with van der Waals surface area (Å²) < 4.78 is 51.7. The minimum atomic E-state index is -3.67. The second kappa shape index (κ2) is 16.2. The number of amides is 4. The van der Waals surface area contributed by atoms with Crippen LogP contribution in [0.5, 0.6) is 0 Å². The van der Waals surface area contributed by atoms with E-state index in [-0.39, 0.29) is 23.1 Å². The summed E-state index contributed by atoms with van der Waals surface area (Å²) in [5.74, 6) is -1.62. The van der Waals surface area contributed by atoms with Gasteiger partial charge >= 0.3 is 0 Å². The molecule has 6 rings (SSSR count). The van der Waals surface area contributed by atoms with Gasteiger partial charge in [0.15, 0.2) is 0 Å². The van der Waals surface area contributed by atoms with Gasteiger partial charge in [-0.1, -0.05) is 36.4 Å². The molecule has 2 atom stereocenters. The Morgan fingerprint density at radius 3 is 1.36 bits per heavy atom. The van der Waals surface area contributed by atoms with Crippen LogP contribution in [0.4, 0.5) is 5.69 Å². The van der Waals surface area contributed by atoms with E-state index in [0.717, 1.165) is 10.3 Å². The van der Waals surface area contributed by atoms with Gasteiger partial charge in [-0.25, -0.2) is 0 Å². The van der Waals surface area contributed by atoms with Crippen molar-refractivity contribution in [2.75, 3.05) is 38.7 Å². The number of rotatable bonds is 10. The summed E-state index contributed by atoms with van der Waals surface area (Å²) in [5.41, 5.74) is 1.31. The summed E-state index contributed by atoms with van der Waals surface area (Å²) in [4.78, 5) is 66.5. The fraction of sp³-hybridized carbons (Fsp3) is 0.294. The maximum atomic E-state index is 13.4. The van der Waals surface area contributed by atoms with Gasteiger partial charge in [-0.2, -0.15) is 16.8 Å². The van der Waals surface area contributed by atoms with Gasteiger partial charge in [0.05, 0.1) is 23.0 Å². The Labute approximate surface area is 304 Å². The van der Waals surface area contributed by atoms with Crippen molar-refractivity contribution in [1.29, 1.82) is 0 Å². The predicted molar refractivity (Wildman–Crippen MR) is 195 cm³/mol. The highest BCUT2D eigenvalue weighted by Gasteiger charge is 2.37. The highest BCUT2D eigenvalue weighted by atomic mass is 32.2. The van der Waals surface area contributed by atoms with Gasteiger partial charge in [0, 0.05) is 77.9 Å². The van der Waals surface area contributed by atoms with E-state index < -0.39 is 49.1 Å². The second-order valence-electron chi connectivity index (χ2n) is 12.4. The Hall–Kier alpha value is -5.18. The maximum Gasteiger partial charge on any atom is 0.270 e. The minimum absolute atomic E-state index is 0.141. The molecular formula is C34H37N5O12S2. The molecule has 0 spiro atoms. The molecule has 4 aromatic rings. The number of nitro benzene ring substituents is 1. The molecular weight excluding hydrogens is 735 g/mol. The van der Waals surface area contributed by atoms with Crippen molar-refractivity contribution in [3.63, 3.8) is 0 Å². The number of imide groups is 2. The molecule has 0 aromatic heterocycles. The molecule has 19 heteroatoms. The number of nitrogens with zero attached hydrogens (tertiary/aromatic N) is 3. The molecule has 0 saturated carbocycles. The molecule has 17 nitrogen and oxygen atoms in total. The molecule has 0 bridgehead atoms. The van der Waals surface area contributed by atoms with Crippen LogP contribution in [0.15, 0.2) is 66.7 Å². The number of carbonyl (C=O) groups is 4. The standard InChI is InChI=1S/C32H29N5O6.2CH4O3S/c1-18(35-29(38)23-9-3-6-20-7-4-10-24(27(20)23)30(35)39)16-33-12-13-34-17-19(2)36-31(40)25-11-5-8-21-14-22(37(42)43)15-26(28(21)25)32(36)41;2*1-5(2,3)4/h3-11,14-15,18-19,33-34H,12-13,16-17H2,1-2H3;2*1H3,(H,2,3,4)/t18-,19-;;/m0../s1. The fourth-order valence-corrected chi connectivity index (χ4v) is 6.05. The van der Waals surface area contributed by atoms with E-state index in [4.69, 9.17) is 9.11 Å². The average Bonchev–Trinajstić information content (AvgIpc) is 3.05. The zero-order chi connectivity index (χ0) is 39.4. The monoisotopic (exact) mass is 771 g/mol. The van der Waals surface area contributed by atoms with Gasteiger partial charge < -0.3 is 10.6 Å². The summed E-state index contributed by atoms with van der Waals surface area (Å²) in [6.45, 7) is 5.26. The topological polar surface area (TPSA) is 251 Å². The van der Waals surface area contributed by atoms with E-state index >= 15 is 0 Å². The van der Waals surface area contributed by atoms with Gasteiger partial charge in [-0.15, -0.1) is 0 Å². The molecule has 4 N–H and O–H groups in total. The lowest BCUT2D eigenvalue weighted by atomic mass is 9.92. The van der Waals surface area contributed by atoms with Crippen molar-refractivity contribution in [2.24, 2.45) is 0 Å². The lowest BCUT2D eigenvalue weighted by Gasteiger charge is -2.32.